The SMILES string of the molecule is O=[N+]([O-])c1cc(S(=O)(=O)Cl)c(C(F)(F)F)nc1C(F)F. The molecule has 1 heterocycles. The molecule has 13 heteroatoms. The van der Waals surface area contributed by atoms with Gasteiger partial charge >= 0.3 is 6.18 Å². The number of hydrogen-bond acceptors (Lipinski definition) is 5. The van der Waals surface area contributed by atoms with Crippen LogP contribution in [0.4, 0.5) is 27.6 Å². The standard InChI is InChI=1S/C7H2ClF5N2O4S/c8-20(18,19)3-1-2(15(16)17)4(6(9)10)14-5(3)7(11,12)13/h1,6H. The molecule has 0 fully saturated rings. The van der Waals surface area contributed by atoms with Gasteiger partial charge in [0.05, 0.1) is 4.92 Å². The maximum atomic E-state index is 12.6. The van der Waals surface area contributed by atoms with Crippen molar-refractivity contribution < 1.29 is 35.3 Å². The maximum Gasteiger partial charge on any atom is 0.434 e. The van der Waals surface area contributed by atoms with Gasteiger partial charge in [0.2, 0.25) is 0 Å². The summed E-state index contributed by atoms with van der Waals surface area (Å²) in [5.74, 6) is 0. The Bertz CT molecular complexity index is 660. The van der Waals surface area contributed by atoms with E-state index in [4.69, 9.17) is 10.7 Å². The number of nitro groups is 1. The minimum absolute atomic E-state index is 0.195. The Balaban J connectivity index is 3.85. The fourth-order valence-electron chi connectivity index (χ4n) is 1.20. The van der Waals surface area contributed by atoms with Crippen LogP contribution in [0.1, 0.15) is 17.8 Å². The highest BCUT2D eigenvalue weighted by molar-refractivity contribution is 8.13. The molecule has 0 aliphatic heterocycles. The maximum absolute atomic E-state index is 12.6. The summed E-state index contributed by atoms with van der Waals surface area (Å²) in [5.41, 5.74) is -5.62. The van der Waals surface area contributed by atoms with Crippen molar-refractivity contribution >= 4 is 25.4 Å². The number of aromatic nitrogens is 1. The van der Waals surface area contributed by atoms with E-state index in [-0.39, 0.29) is 6.07 Å². The molecule has 0 saturated heterocycles. The van der Waals surface area contributed by atoms with Gasteiger partial charge in [-0.15, -0.1) is 0 Å². The normalized spacial score (nSPS) is 12.8. The fourth-order valence-corrected chi connectivity index (χ4v) is 2.19. The first-order chi connectivity index (χ1) is 8.85. The Labute approximate surface area is 111 Å². The van der Waals surface area contributed by atoms with E-state index in [1.165, 1.54) is 0 Å². The Morgan fingerprint density at radius 2 is 1.85 bits per heavy atom. The third-order valence-corrected chi connectivity index (χ3v) is 3.27. The fraction of sp³-hybridized carbons (Fsp3) is 0.286. The van der Waals surface area contributed by atoms with Crippen molar-refractivity contribution in [3.8, 4) is 0 Å². The van der Waals surface area contributed by atoms with Gasteiger partial charge in [0.1, 0.15) is 4.90 Å². The van der Waals surface area contributed by atoms with E-state index in [1.54, 1.807) is 0 Å². The van der Waals surface area contributed by atoms with Crippen molar-refractivity contribution in [3.63, 3.8) is 0 Å². The molecule has 0 N–H and O–H groups in total. The summed E-state index contributed by atoms with van der Waals surface area (Å²) < 4.78 is 84.5. The van der Waals surface area contributed by atoms with E-state index >= 15 is 0 Å². The molecule has 1 aromatic heterocycles. The van der Waals surface area contributed by atoms with Crippen LogP contribution in [-0.4, -0.2) is 18.3 Å². The van der Waals surface area contributed by atoms with Gasteiger partial charge in [-0.1, -0.05) is 0 Å². The number of alkyl halides is 5. The van der Waals surface area contributed by atoms with E-state index in [0.717, 1.165) is 0 Å². The summed E-state index contributed by atoms with van der Waals surface area (Å²) in [6.07, 6.45) is -9.14. The van der Waals surface area contributed by atoms with Crippen LogP contribution in [0.25, 0.3) is 0 Å². The minimum Gasteiger partial charge on any atom is -0.258 e. The van der Waals surface area contributed by atoms with Crippen LogP contribution in [-0.2, 0) is 15.2 Å². The molecular formula is C7H2ClF5N2O4S. The van der Waals surface area contributed by atoms with Crippen LogP contribution in [0.3, 0.4) is 0 Å². The predicted molar refractivity (Wildman–Crippen MR) is 53.9 cm³/mol. The number of pyridine rings is 1. The summed E-state index contributed by atoms with van der Waals surface area (Å²) in [6, 6.07) is -0.195. The lowest BCUT2D eigenvalue weighted by Gasteiger charge is -2.11. The average molecular weight is 341 g/mol. The Hall–Kier alpha value is -1.56. The quantitative estimate of drug-likeness (QED) is 0.365. The first kappa shape index (κ1) is 16.5. The van der Waals surface area contributed by atoms with Crippen LogP contribution < -0.4 is 0 Å². The third kappa shape index (κ3) is 3.30. The second-order valence-corrected chi connectivity index (χ2v) is 5.77. The highest BCUT2D eigenvalue weighted by Crippen LogP contribution is 2.39. The molecule has 112 valence electrons. The van der Waals surface area contributed by atoms with Crippen molar-refractivity contribution in [1.82, 2.24) is 4.98 Å². The van der Waals surface area contributed by atoms with Gasteiger partial charge < -0.3 is 0 Å². The lowest BCUT2D eigenvalue weighted by Crippen LogP contribution is -2.16. The molecule has 0 radical (unpaired) electrons. The zero-order valence-electron chi connectivity index (χ0n) is 8.86. The molecule has 0 spiro atoms. The summed E-state index contributed by atoms with van der Waals surface area (Å²) in [6.45, 7) is 0. The smallest absolute Gasteiger partial charge is 0.258 e. The van der Waals surface area contributed by atoms with Crippen molar-refractivity contribution in [3.05, 3.63) is 27.6 Å². The van der Waals surface area contributed by atoms with Crippen LogP contribution in [0.5, 0.6) is 0 Å². The van der Waals surface area contributed by atoms with Crippen LogP contribution >= 0.6 is 10.7 Å². The second kappa shape index (κ2) is 5.09. The highest BCUT2D eigenvalue weighted by atomic mass is 35.7. The van der Waals surface area contributed by atoms with Crippen molar-refractivity contribution in [1.29, 1.82) is 0 Å². The summed E-state index contributed by atoms with van der Waals surface area (Å²) in [4.78, 5) is 9.58. The van der Waals surface area contributed by atoms with E-state index in [1.807, 2.05) is 0 Å². The van der Waals surface area contributed by atoms with Crippen molar-refractivity contribution in [2.24, 2.45) is 0 Å². The van der Waals surface area contributed by atoms with E-state index < -0.39 is 48.5 Å². The number of nitrogens with zero attached hydrogens (tertiary/aromatic N) is 2. The molecule has 0 aliphatic carbocycles. The molecular weight excluding hydrogens is 339 g/mol. The summed E-state index contributed by atoms with van der Waals surface area (Å²) in [7, 11) is -0.374. The van der Waals surface area contributed by atoms with Gasteiger partial charge in [-0.05, 0) is 0 Å². The lowest BCUT2D eigenvalue weighted by molar-refractivity contribution is -0.386. The Kier molecular flexibility index (Phi) is 4.20. The lowest BCUT2D eigenvalue weighted by atomic mass is 10.2. The van der Waals surface area contributed by atoms with Gasteiger partial charge in [0.15, 0.2) is 11.4 Å². The molecule has 0 aromatic carbocycles. The molecule has 1 aromatic rings. The largest absolute Gasteiger partial charge is 0.434 e. The summed E-state index contributed by atoms with van der Waals surface area (Å²) >= 11 is 0. The van der Waals surface area contributed by atoms with Crippen molar-refractivity contribution in [2.45, 2.75) is 17.5 Å². The second-order valence-electron chi connectivity index (χ2n) is 3.23. The van der Waals surface area contributed by atoms with Gasteiger partial charge in [0, 0.05) is 16.7 Å². The molecule has 0 atom stereocenters. The zero-order chi connectivity index (χ0) is 15.9. The number of hydrogen-bond donors (Lipinski definition) is 0. The number of rotatable bonds is 3. The van der Waals surface area contributed by atoms with E-state index in [9.17, 15) is 40.5 Å². The first-order valence-electron chi connectivity index (χ1n) is 4.35. The number of halogens is 6. The van der Waals surface area contributed by atoms with E-state index in [2.05, 4.69) is 4.98 Å². The van der Waals surface area contributed by atoms with Crippen LogP contribution in [0, 0.1) is 10.1 Å². The van der Waals surface area contributed by atoms with Crippen LogP contribution in [0.15, 0.2) is 11.0 Å². The molecule has 20 heavy (non-hydrogen) atoms. The molecule has 6 nitrogen and oxygen atoms in total. The van der Waals surface area contributed by atoms with Crippen molar-refractivity contribution in [2.75, 3.05) is 0 Å². The monoisotopic (exact) mass is 340 g/mol. The molecule has 0 saturated carbocycles. The van der Waals surface area contributed by atoms with Gasteiger partial charge in [0.25, 0.3) is 21.2 Å². The van der Waals surface area contributed by atoms with Crippen LogP contribution in [0.2, 0.25) is 0 Å². The topological polar surface area (TPSA) is 90.2 Å². The summed E-state index contributed by atoms with van der Waals surface area (Å²) in [5, 5.41) is 10.5. The molecule has 0 aliphatic rings. The molecule has 0 unspecified atom stereocenters. The Morgan fingerprint density at radius 3 is 2.15 bits per heavy atom. The highest BCUT2D eigenvalue weighted by Gasteiger charge is 2.42. The van der Waals surface area contributed by atoms with Gasteiger partial charge in [-0.25, -0.2) is 22.2 Å². The van der Waals surface area contributed by atoms with Gasteiger partial charge in [-0.2, -0.15) is 13.2 Å². The predicted octanol–water partition coefficient (Wildman–Crippen LogP) is 2.87. The average Bonchev–Trinajstić information content (AvgIpc) is 2.24. The zero-order valence-corrected chi connectivity index (χ0v) is 10.4. The molecule has 0 amide bonds. The van der Waals surface area contributed by atoms with E-state index in [0.29, 0.717) is 0 Å². The minimum atomic E-state index is -5.43. The third-order valence-electron chi connectivity index (χ3n) is 1.93. The first-order valence-corrected chi connectivity index (χ1v) is 6.66. The molecule has 0 bridgehead atoms. The molecule has 1 rings (SSSR count). The van der Waals surface area contributed by atoms with Gasteiger partial charge in [-0.3, -0.25) is 10.1 Å². The Morgan fingerprint density at radius 1 is 1.35 bits per heavy atom.